The molecule has 0 fully saturated rings. The molecular weight excluding hydrogens is 382 g/mol. The Hall–Kier alpha value is -2.83. The zero-order valence-electron chi connectivity index (χ0n) is 14.8. The fraction of sp³-hybridized carbons (Fsp3) is 0.222. The Bertz CT molecular complexity index is 1010. The maximum atomic E-state index is 12.5. The summed E-state index contributed by atoms with van der Waals surface area (Å²) in [5.74, 6) is 1.21. The number of nitriles is 1. The topological polar surface area (TPSA) is 96.7 Å². The number of carbonyl (C=O) groups is 1. The third-order valence-corrected chi connectivity index (χ3v) is 5.71. The van der Waals surface area contributed by atoms with Gasteiger partial charge in [-0.2, -0.15) is 5.26 Å². The second-order valence-corrected chi connectivity index (χ2v) is 7.84. The monoisotopic (exact) mass is 399 g/mol. The molecule has 1 N–H and O–H groups in total. The molecule has 7 nitrogen and oxygen atoms in total. The second-order valence-electron chi connectivity index (χ2n) is 5.62. The molecule has 0 aromatic carbocycles. The number of hydrogen-bond acceptors (Lipinski definition) is 7. The molecule has 0 saturated heterocycles. The fourth-order valence-electron chi connectivity index (χ4n) is 2.41. The molecule has 9 heteroatoms. The quantitative estimate of drug-likeness (QED) is 0.475. The van der Waals surface area contributed by atoms with Crippen LogP contribution in [-0.2, 0) is 11.3 Å². The van der Waals surface area contributed by atoms with Crippen molar-refractivity contribution in [2.24, 2.45) is 0 Å². The first-order valence-electron chi connectivity index (χ1n) is 8.08. The van der Waals surface area contributed by atoms with Crippen molar-refractivity contribution in [2.75, 3.05) is 5.32 Å². The van der Waals surface area contributed by atoms with E-state index in [2.05, 4.69) is 28.2 Å². The lowest BCUT2D eigenvalue weighted by atomic mass is 10.2. The summed E-state index contributed by atoms with van der Waals surface area (Å²) in [6, 6.07) is 5.58. The molecule has 3 rings (SSSR count). The largest absolute Gasteiger partial charge is 0.469 e. The number of carbonyl (C=O) groups excluding carboxylic acids is 1. The number of furan rings is 1. The van der Waals surface area contributed by atoms with Gasteiger partial charge in [-0.25, -0.2) is 0 Å². The first kappa shape index (κ1) is 18.9. The molecule has 0 saturated carbocycles. The Labute approximate surface area is 164 Å². The molecule has 3 aromatic rings. The lowest BCUT2D eigenvalue weighted by molar-refractivity contribution is -0.115. The van der Waals surface area contributed by atoms with Gasteiger partial charge in [0.05, 0.1) is 22.6 Å². The number of hydrogen-bond donors (Lipinski definition) is 1. The van der Waals surface area contributed by atoms with Crippen molar-refractivity contribution in [3.8, 4) is 17.5 Å². The number of nitrogens with one attached hydrogen (secondary N) is 1. The van der Waals surface area contributed by atoms with E-state index in [1.807, 2.05) is 17.6 Å². The van der Waals surface area contributed by atoms with E-state index < -0.39 is 5.25 Å². The maximum absolute atomic E-state index is 12.5. The predicted octanol–water partition coefficient (Wildman–Crippen LogP) is 4.09. The third kappa shape index (κ3) is 3.97. The normalized spacial score (nSPS) is 11.7. The van der Waals surface area contributed by atoms with Gasteiger partial charge in [-0.1, -0.05) is 17.8 Å². The molecule has 1 amide bonds. The summed E-state index contributed by atoms with van der Waals surface area (Å²) in [4.78, 5) is 12.5. The summed E-state index contributed by atoms with van der Waals surface area (Å²) < 4.78 is 7.25. The Morgan fingerprint density at radius 2 is 2.37 bits per heavy atom. The van der Waals surface area contributed by atoms with Gasteiger partial charge < -0.3 is 9.73 Å². The van der Waals surface area contributed by atoms with Crippen LogP contribution in [-0.4, -0.2) is 25.9 Å². The third-order valence-electron chi connectivity index (χ3n) is 3.80. The molecule has 0 spiro atoms. The van der Waals surface area contributed by atoms with Crippen molar-refractivity contribution in [3.63, 3.8) is 0 Å². The molecule has 0 bridgehead atoms. The summed E-state index contributed by atoms with van der Waals surface area (Å²) in [5, 5.41) is 22.9. The van der Waals surface area contributed by atoms with E-state index in [0.717, 1.165) is 11.3 Å². The molecular formula is C18H17N5O2S2. The number of amides is 1. The zero-order chi connectivity index (χ0) is 19.4. The van der Waals surface area contributed by atoms with Crippen LogP contribution in [0.15, 0.2) is 46.0 Å². The second kappa shape index (κ2) is 8.24. The molecule has 0 aliphatic carbocycles. The Balaban J connectivity index is 1.79. The van der Waals surface area contributed by atoms with Crippen LogP contribution in [0.2, 0.25) is 0 Å². The van der Waals surface area contributed by atoms with Gasteiger partial charge in [-0.15, -0.1) is 28.1 Å². The van der Waals surface area contributed by atoms with Crippen LogP contribution < -0.4 is 5.32 Å². The van der Waals surface area contributed by atoms with Crippen LogP contribution in [0.5, 0.6) is 0 Å². The highest BCUT2D eigenvalue weighted by molar-refractivity contribution is 8.00. The molecule has 1 atom stereocenters. The average molecular weight is 400 g/mol. The molecule has 0 radical (unpaired) electrons. The highest BCUT2D eigenvalue weighted by Crippen LogP contribution is 2.30. The summed E-state index contributed by atoms with van der Waals surface area (Å²) in [5.41, 5.74) is 1.31. The van der Waals surface area contributed by atoms with Crippen molar-refractivity contribution in [1.82, 2.24) is 14.8 Å². The van der Waals surface area contributed by atoms with E-state index in [1.165, 1.54) is 23.1 Å². The molecule has 0 aliphatic rings. The van der Waals surface area contributed by atoms with Gasteiger partial charge in [0.2, 0.25) is 5.91 Å². The van der Waals surface area contributed by atoms with Crippen molar-refractivity contribution in [3.05, 3.63) is 47.8 Å². The average Bonchev–Trinajstić information content (AvgIpc) is 3.36. The summed E-state index contributed by atoms with van der Waals surface area (Å²) in [6.07, 6.45) is 3.36. The lowest BCUT2D eigenvalue weighted by Gasteiger charge is -2.12. The SMILES string of the molecule is C=CCn1c(S[C@H](C)C(=O)Nc2sccc2C#N)nnc1-c1ccoc1C. The van der Waals surface area contributed by atoms with E-state index in [4.69, 9.17) is 9.68 Å². The first-order chi connectivity index (χ1) is 13.0. The van der Waals surface area contributed by atoms with Crippen molar-refractivity contribution in [2.45, 2.75) is 30.8 Å². The number of nitrogens with zero attached hydrogens (tertiary/aromatic N) is 4. The van der Waals surface area contributed by atoms with Crippen LogP contribution in [0.4, 0.5) is 5.00 Å². The minimum atomic E-state index is -0.426. The minimum Gasteiger partial charge on any atom is -0.469 e. The molecule has 3 aromatic heterocycles. The number of allylic oxidation sites excluding steroid dienone is 1. The smallest absolute Gasteiger partial charge is 0.238 e. The van der Waals surface area contributed by atoms with Crippen LogP contribution >= 0.6 is 23.1 Å². The summed E-state index contributed by atoms with van der Waals surface area (Å²) >= 11 is 2.62. The lowest BCUT2D eigenvalue weighted by Crippen LogP contribution is -2.22. The van der Waals surface area contributed by atoms with Crippen LogP contribution in [0.1, 0.15) is 18.2 Å². The van der Waals surface area contributed by atoms with Crippen molar-refractivity contribution in [1.29, 1.82) is 5.26 Å². The first-order valence-corrected chi connectivity index (χ1v) is 9.84. The number of aromatic nitrogens is 3. The Morgan fingerprint density at radius 1 is 1.56 bits per heavy atom. The van der Waals surface area contributed by atoms with Gasteiger partial charge in [0.1, 0.15) is 16.8 Å². The van der Waals surface area contributed by atoms with Gasteiger partial charge in [0, 0.05) is 6.54 Å². The number of rotatable bonds is 7. The zero-order valence-corrected chi connectivity index (χ0v) is 16.4. The van der Waals surface area contributed by atoms with Gasteiger partial charge in [0.15, 0.2) is 11.0 Å². The minimum absolute atomic E-state index is 0.201. The molecule has 0 aliphatic heterocycles. The van der Waals surface area contributed by atoms with Gasteiger partial charge in [-0.3, -0.25) is 9.36 Å². The highest BCUT2D eigenvalue weighted by Gasteiger charge is 2.22. The number of anilines is 1. The van der Waals surface area contributed by atoms with Crippen LogP contribution in [0.25, 0.3) is 11.4 Å². The number of thiophene rings is 1. The fourth-order valence-corrected chi connectivity index (χ4v) is 4.00. The van der Waals surface area contributed by atoms with Gasteiger partial charge in [-0.05, 0) is 31.4 Å². The van der Waals surface area contributed by atoms with Gasteiger partial charge >= 0.3 is 0 Å². The van der Waals surface area contributed by atoms with Crippen LogP contribution in [0, 0.1) is 18.3 Å². The Morgan fingerprint density at radius 3 is 3.04 bits per heavy atom. The summed E-state index contributed by atoms with van der Waals surface area (Å²) in [6.45, 7) is 7.94. The van der Waals surface area contributed by atoms with Crippen molar-refractivity contribution >= 4 is 34.0 Å². The van der Waals surface area contributed by atoms with Gasteiger partial charge in [0.25, 0.3) is 0 Å². The van der Waals surface area contributed by atoms with E-state index in [9.17, 15) is 4.79 Å². The number of thioether (sulfide) groups is 1. The molecule has 0 unspecified atom stereocenters. The van der Waals surface area contributed by atoms with Crippen LogP contribution in [0.3, 0.4) is 0 Å². The maximum Gasteiger partial charge on any atom is 0.238 e. The van der Waals surface area contributed by atoms with E-state index in [0.29, 0.717) is 28.1 Å². The molecule has 138 valence electrons. The predicted molar refractivity (Wildman–Crippen MR) is 106 cm³/mol. The highest BCUT2D eigenvalue weighted by atomic mass is 32.2. The standard InChI is InChI=1S/C18H17N5O2S2/c1-4-7-23-15(14-5-8-25-11(14)2)21-22-18(23)27-12(3)16(24)20-17-13(10-19)6-9-26-17/h4-6,8-9,12H,1,7H2,2-3H3,(H,20,24)/t12-/m1/s1. The summed E-state index contributed by atoms with van der Waals surface area (Å²) in [7, 11) is 0. The van der Waals surface area contributed by atoms with E-state index in [1.54, 1.807) is 30.7 Å². The van der Waals surface area contributed by atoms with E-state index in [-0.39, 0.29) is 5.91 Å². The number of aryl methyl sites for hydroxylation is 1. The van der Waals surface area contributed by atoms with E-state index >= 15 is 0 Å². The molecule has 27 heavy (non-hydrogen) atoms. The van der Waals surface area contributed by atoms with Crippen molar-refractivity contribution < 1.29 is 9.21 Å². The Kier molecular flexibility index (Phi) is 5.78. The molecule has 3 heterocycles.